The van der Waals surface area contributed by atoms with Gasteiger partial charge in [0.2, 0.25) is 0 Å². The maximum atomic E-state index is 13.1. The highest BCUT2D eigenvalue weighted by Gasteiger charge is 2.48. The van der Waals surface area contributed by atoms with Gasteiger partial charge < -0.3 is 4.74 Å². The van der Waals surface area contributed by atoms with Crippen molar-refractivity contribution in [1.82, 2.24) is 4.98 Å². The van der Waals surface area contributed by atoms with Crippen molar-refractivity contribution in [3.63, 3.8) is 0 Å². The Labute approximate surface area is 145 Å². The molecule has 0 aliphatic heterocycles. The van der Waals surface area contributed by atoms with E-state index in [1.807, 2.05) is 0 Å². The molecule has 130 valence electrons. The Balaban J connectivity index is 1.79. The second-order valence-electron chi connectivity index (χ2n) is 5.82. The fourth-order valence-corrected chi connectivity index (χ4v) is 3.17. The van der Waals surface area contributed by atoms with Gasteiger partial charge >= 0.3 is 6.18 Å². The van der Waals surface area contributed by atoms with Gasteiger partial charge in [-0.25, -0.2) is 9.37 Å². The predicted octanol–water partition coefficient (Wildman–Crippen LogP) is 4.90. The van der Waals surface area contributed by atoms with Crippen LogP contribution < -0.4 is 4.74 Å². The van der Waals surface area contributed by atoms with E-state index >= 15 is 0 Å². The lowest BCUT2D eigenvalue weighted by molar-refractivity contribution is -0.139. The Hall–Kier alpha value is -2.33. The van der Waals surface area contributed by atoms with Crippen LogP contribution in [0, 0.1) is 17.1 Å². The molecule has 1 saturated carbocycles. The summed E-state index contributed by atoms with van der Waals surface area (Å²) in [7, 11) is 0. The average Bonchev–Trinajstić information content (AvgIpc) is 2.50. The maximum absolute atomic E-state index is 13.1. The summed E-state index contributed by atoms with van der Waals surface area (Å²) in [5.41, 5.74) is -1.42. The van der Waals surface area contributed by atoms with Gasteiger partial charge in [0.05, 0.1) is 11.5 Å². The van der Waals surface area contributed by atoms with E-state index < -0.39 is 40.0 Å². The van der Waals surface area contributed by atoms with Gasteiger partial charge in [-0.1, -0.05) is 23.7 Å². The number of pyridine rings is 1. The number of nitriles is 1. The summed E-state index contributed by atoms with van der Waals surface area (Å²) in [6, 6.07) is 8.74. The van der Waals surface area contributed by atoms with Crippen molar-refractivity contribution in [3.05, 3.63) is 58.6 Å². The second kappa shape index (κ2) is 6.19. The summed E-state index contributed by atoms with van der Waals surface area (Å²) in [5.74, 6) is -0.839. The zero-order valence-corrected chi connectivity index (χ0v) is 13.4. The van der Waals surface area contributed by atoms with Crippen LogP contribution in [0.3, 0.4) is 0 Å². The van der Waals surface area contributed by atoms with Crippen molar-refractivity contribution < 1.29 is 22.3 Å². The van der Waals surface area contributed by atoms with E-state index in [0.717, 1.165) is 12.3 Å². The Bertz CT molecular complexity index is 824. The highest BCUT2D eigenvalue weighted by Crippen LogP contribution is 2.47. The standard InChI is InChI=1S/C17H11ClF4N2O/c18-15-14(17(20,21)22)13(5-6-24-15)25-12-7-16(8-12,9-23)10-1-3-11(19)4-2-10/h1-6,12H,7-8H2. The maximum Gasteiger partial charge on any atom is 0.422 e. The molecule has 1 heterocycles. The van der Waals surface area contributed by atoms with E-state index in [-0.39, 0.29) is 12.8 Å². The van der Waals surface area contributed by atoms with Gasteiger partial charge in [-0.3, -0.25) is 0 Å². The highest BCUT2D eigenvalue weighted by atomic mass is 35.5. The van der Waals surface area contributed by atoms with Crippen LogP contribution >= 0.6 is 11.6 Å². The third-order valence-corrected chi connectivity index (χ3v) is 4.49. The minimum absolute atomic E-state index is 0.201. The van der Waals surface area contributed by atoms with E-state index in [0.29, 0.717) is 5.56 Å². The van der Waals surface area contributed by atoms with Gasteiger partial charge in [0.15, 0.2) is 0 Å². The monoisotopic (exact) mass is 370 g/mol. The van der Waals surface area contributed by atoms with Crippen molar-refractivity contribution in [2.24, 2.45) is 0 Å². The van der Waals surface area contributed by atoms with Crippen LogP contribution in [0.2, 0.25) is 5.15 Å². The molecule has 2 aromatic rings. The lowest BCUT2D eigenvalue weighted by Crippen LogP contribution is -2.46. The van der Waals surface area contributed by atoms with Crippen LogP contribution in [-0.4, -0.2) is 11.1 Å². The van der Waals surface area contributed by atoms with E-state index in [9.17, 15) is 22.8 Å². The summed E-state index contributed by atoms with van der Waals surface area (Å²) in [6.45, 7) is 0. The quantitative estimate of drug-likeness (QED) is 0.570. The number of alkyl halides is 3. The normalized spacial score (nSPS) is 22.8. The van der Waals surface area contributed by atoms with Crippen molar-refractivity contribution >= 4 is 11.6 Å². The lowest BCUT2D eigenvalue weighted by Gasteiger charge is -2.42. The molecule has 3 nitrogen and oxygen atoms in total. The Morgan fingerprint density at radius 1 is 1.20 bits per heavy atom. The summed E-state index contributed by atoms with van der Waals surface area (Å²) in [6.07, 6.45) is -3.75. The predicted molar refractivity (Wildman–Crippen MR) is 81.6 cm³/mol. The number of benzene rings is 1. The van der Waals surface area contributed by atoms with E-state index in [1.54, 1.807) is 0 Å². The number of hydrogen-bond acceptors (Lipinski definition) is 3. The Morgan fingerprint density at radius 2 is 1.84 bits per heavy atom. The first-order valence-corrected chi connectivity index (χ1v) is 7.69. The van der Waals surface area contributed by atoms with Crippen molar-refractivity contribution in [2.45, 2.75) is 30.5 Å². The fraction of sp³-hybridized carbons (Fsp3) is 0.294. The zero-order chi connectivity index (χ0) is 18.2. The Kier molecular flexibility index (Phi) is 4.33. The topological polar surface area (TPSA) is 45.9 Å². The van der Waals surface area contributed by atoms with Gasteiger partial charge in [-0.15, -0.1) is 0 Å². The summed E-state index contributed by atoms with van der Waals surface area (Å²) < 4.78 is 57.8. The highest BCUT2D eigenvalue weighted by molar-refractivity contribution is 6.30. The van der Waals surface area contributed by atoms with Crippen LogP contribution in [0.4, 0.5) is 17.6 Å². The van der Waals surface area contributed by atoms with Gasteiger partial charge in [0.1, 0.15) is 28.4 Å². The van der Waals surface area contributed by atoms with Crippen LogP contribution in [0.1, 0.15) is 24.0 Å². The SMILES string of the molecule is N#CC1(c2ccc(F)cc2)CC(Oc2ccnc(Cl)c2C(F)(F)F)C1. The molecule has 0 unspecified atom stereocenters. The number of rotatable bonds is 3. The van der Waals surface area contributed by atoms with Crippen LogP contribution in [0.15, 0.2) is 36.5 Å². The van der Waals surface area contributed by atoms with Crippen LogP contribution in [0.25, 0.3) is 0 Å². The minimum Gasteiger partial charge on any atom is -0.489 e. The fourth-order valence-electron chi connectivity index (χ4n) is 2.92. The molecule has 0 amide bonds. The molecule has 1 aromatic heterocycles. The third kappa shape index (κ3) is 3.27. The molecule has 3 rings (SSSR count). The van der Waals surface area contributed by atoms with Crippen molar-refractivity contribution in [3.8, 4) is 11.8 Å². The van der Waals surface area contributed by atoms with E-state index in [4.69, 9.17) is 16.3 Å². The molecule has 0 atom stereocenters. The first-order valence-electron chi connectivity index (χ1n) is 7.31. The molecule has 0 radical (unpaired) electrons. The first-order chi connectivity index (χ1) is 11.7. The molecule has 1 aliphatic carbocycles. The van der Waals surface area contributed by atoms with Gasteiger partial charge in [0.25, 0.3) is 0 Å². The molecule has 0 N–H and O–H groups in total. The van der Waals surface area contributed by atoms with E-state index in [1.165, 1.54) is 24.3 Å². The molecule has 0 saturated heterocycles. The molecule has 0 spiro atoms. The number of aromatic nitrogens is 1. The average molecular weight is 371 g/mol. The number of halogens is 5. The lowest BCUT2D eigenvalue weighted by atomic mass is 9.63. The molecule has 0 bridgehead atoms. The van der Waals surface area contributed by atoms with Gasteiger partial charge in [0, 0.05) is 19.0 Å². The summed E-state index contributed by atoms with van der Waals surface area (Å²) >= 11 is 5.55. The van der Waals surface area contributed by atoms with Crippen LogP contribution in [-0.2, 0) is 11.6 Å². The Morgan fingerprint density at radius 3 is 2.40 bits per heavy atom. The number of ether oxygens (including phenoxy) is 1. The second-order valence-corrected chi connectivity index (χ2v) is 6.18. The molecular weight excluding hydrogens is 360 g/mol. The molecule has 1 aromatic carbocycles. The number of nitrogens with zero attached hydrogens (tertiary/aromatic N) is 2. The minimum atomic E-state index is -4.70. The smallest absolute Gasteiger partial charge is 0.422 e. The zero-order valence-electron chi connectivity index (χ0n) is 12.6. The third-order valence-electron chi connectivity index (χ3n) is 4.21. The largest absolute Gasteiger partial charge is 0.489 e. The number of hydrogen-bond donors (Lipinski definition) is 0. The summed E-state index contributed by atoms with van der Waals surface area (Å²) in [4.78, 5) is 3.44. The van der Waals surface area contributed by atoms with Gasteiger partial charge in [-0.05, 0) is 23.8 Å². The van der Waals surface area contributed by atoms with Crippen LogP contribution in [0.5, 0.6) is 5.75 Å². The van der Waals surface area contributed by atoms with Crippen molar-refractivity contribution in [2.75, 3.05) is 0 Å². The van der Waals surface area contributed by atoms with Gasteiger partial charge in [-0.2, -0.15) is 18.4 Å². The summed E-state index contributed by atoms with van der Waals surface area (Å²) in [5, 5.41) is 8.77. The molecule has 25 heavy (non-hydrogen) atoms. The molecule has 1 aliphatic rings. The molecular formula is C17H11ClF4N2O. The van der Waals surface area contributed by atoms with E-state index in [2.05, 4.69) is 11.1 Å². The molecule has 8 heteroatoms. The van der Waals surface area contributed by atoms with Crippen molar-refractivity contribution in [1.29, 1.82) is 5.26 Å². The first kappa shape index (κ1) is 17.5. The molecule has 1 fully saturated rings.